The molecule has 2 aliphatic rings. The number of methoxy groups -OCH3 is 1. The van der Waals surface area contributed by atoms with Crippen LogP contribution in [0.3, 0.4) is 0 Å². The minimum absolute atomic E-state index is 0.0508. The highest BCUT2D eigenvalue weighted by molar-refractivity contribution is 6.34. The molecule has 0 spiro atoms. The lowest BCUT2D eigenvalue weighted by molar-refractivity contribution is -0.141. The van der Waals surface area contributed by atoms with E-state index in [9.17, 15) is 31.5 Å². The van der Waals surface area contributed by atoms with Crippen molar-refractivity contribution in [1.29, 1.82) is 0 Å². The number of ether oxygens (including phenoxy) is 1. The van der Waals surface area contributed by atoms with Crippen molar-refractivity contribution in [2.24, 2.45) is 7.05 Å². The van der Waals surface area contributed by atoms with Gasteiger partial charge in [0.25, 0.3) is 24.2 Å². The van der Waals surface area contributed by atoms with Crippen LogP contribution < -0.4 is 16.0 Å². The van der Waals surface area contributed by atoms with Crippen molar-refractivity contribution in [2.45, 2.75) is 36.7 Å². The second-order valence-corrected chi connectivity index (χ2v) is 10.0. The van der Waals surface area contributed by atoms with Gasteiger partial charge in [0.15, 0.2) is 11.5 Å². The first-order valence-corrected chi connectivity index (χ1v) is 12.9. The van der Waals surface area contributed by atoms with Gasteiger partial charge in [-0.3, -0.25) is 19.1 Å². The molecule has 5 rings (SSSR count). The van der Waals surface area contributed by atoms with Gasteiger partial charge in [0, 0.05) is 45.6 Å². The fourth-order valence-electron chi connectivity index (χ4n) is 4.56. The van der Waals surface area contributed by atoms with Gasteiger partial charge in [0.1, 0.15) is 6.04 Å². The molecule has 4 N–H and O–H groups in total. The van der Waals surface area contributed by atoms with Crippen LogP contribution in [0.4, 0.5) is 27.6 Å². The maximum atomic E-state index is 13.7. The van der Waals surface area contributed by atoms with Gasteiger partial charge in [-0.1, -0.05) is 11.6 Å². The van der Waals surface area contributed by atoms with Gasteiger partial charge in [-0.2, -0.15) is 18.3 Å². The Hall–Kier alpha value is -4.09. The monoisotopic (exact) mass is 633 g/mol. The molecule has 0 bridgehead atoms. The maximum absolute atomic E-state index is 13.7. The molecule has 1 unspecified atom stereocenters. The largest absolute Gasteiger partial charge is 0.483 e. The molecule has 1 saturated heterocycles. The third-order valence-electron chi connectivity index (χ3n) is 6.83. The first kappa shape index (κ1) is 31.8. The molecule has 12 nitrogen and oxygen atoms in total. The minimum atomic E-state index is -4.93. The van der Waals surface area contributed by atoms with Crippen molar-refractivity contribution in [3.63, 3.8) is 0 Å². The molecular weight excluding hydrogens is 609 g/mol. The Kier molecular flexibility index (Phi) is 9.08. The van der Waals surface area contributed by atoms with E-state index in [0.29, 0.717) is 17.8 Å². The maximum Gasteiger partial charge on any atom is 0.435 e. The average molecular weight is 634 g/mol. The van der Waals surface area contributed by atoms with Gasteiger partial charge in [-0.25, -0.2) is 13.8 Å². The molecule has 3 heterocycles. The Bertz CT molecular complexity index is 1530. The van der Waals surface area contributed by atoms with E-state index in [1.165, 1.54) is 25.2 Å². The number of carbonyl (C=O) groups excluding carboxylic acids is 2. The van der Waals surface area contributed by atoms with E-state index < -0.39 is 47.6 Å². The fraction of sp³-hybridized carbons (Fsp3) is 0.400. The second-order valence-electron chi connectivity index (χ2n) is 9.64. The molecule has 2 aromatic heterocycles. The number of halogens is 6. The molecule has 1 aromatic carbocycles. The zero-order chi connectivity index (χ0) is 31.7. The molecule has 1 aliphatic carbocycles. The summed E-state index contributed by atoms with van der Waals surface area (Å²) in [6, 6.07) is 2.48. The molecule has 1 saturated carbocycles. The van der Waals surface area contributed by atoms with Gasteiger partial charge in [-0.15, -0.1) is 0 Å². The number of alkyl halides is 5. The van der Waals surface area contributed by atoms with E-state index in [0.717, 1.165) is 17.0 Å². The molecule has 0 radical (unpaired) electrons. The summed E-state index contributed by atoms with van der Waals surface area (Å²) in [7, 11) is 2.86. The lowest BCUT2D eigenvalue weighted by Gasteiger charge is -2.19. The highest BCUT2D eigenvalue weighted by atomic mass is 35.5. The Morgan fingerprint density at radius 3 is 2.51 bits per heavy atom. The summed E-state index contributed by atoms with van der Waals surface area (Å²) in [6.45, 7) is 0.866. The molecule has 18 heteroatoms. The van der Waals surface area contributed by atoms with Gasteiger partial charge < -0.3 is 30.4 Å². The standard InChI is InChI=1S/C24H23ClF5N7O3.CH2O2/c1-36-16(13-10-37(18-6-23(18,26)27)35-19(13)24(28,29)30)8-32-20(36)22(39)33-11-3-4-12(14(25)5-11)21(38)34-15-7-31-9-17(15)40-2;2-1-3/h3-5,8,10,15,17-18,31H,6-7,9H2,1-2H3,(H,33,39)(H,34,38);1H,(H,2,3)/t15-,17-,18?;/m1./s1. The van der Waals surface area contributed by atoms with E-state index in [1.807, 2.05) is 0 Å². The van der Waals surface area contributed by atoms with Crippen LogP contribution in [-0.2, 0) is 22.8 Å². The third kappa shape index (κ3) is 6.78. The van der Waals surface area contributed by atoms with Crippen LogP contribution in [0.25, 0.3) is 11.3 Å². The Balaban J connectivity index is 0.00000135. The molecule has 43 heavy (non-hydrogen) atoms. The number of hydrogen-bond acceptors (Lipinski definition) is 7. The molecular formula is C25H25ClF5N7O5. The second kappa shape index (κ2) is 12.3. The summed E-state index contributed by atoms with van der Waals surface area (Å²) in [5, 5.41) is 18.8. The highest BCUT2D eigenvalue weighted by Crippen LogP contribution is 2.53. The fourth-order valence-corrected chi connectivity index (χ4v) is 4.83. The molecule has 3 aromatic rings. The van der Waals surface area contributed by atoms with Crippen LogP contribution >= 0.6 is 11.6 Å². The predicted molar refractivity (Wildman–Crippen MR) is 141 cm³/mol. The zero-order valence-corrected chi connectivity index (χ0v) is 23.2. The van der Waals surface area contributed by atoms with Gasteiger partial charge in [0.2, 0.25) is 0 Å². The quantitative estimate of drug-likeness (QED) is 0.229. The van der Waals surface area contributed by atoms with Crippen molar-refractivity contribution in [3.05, 3.63) is 52.7 Å². The van der Waals surface area contributed by atoms with Crippen molar-refractivity contribution in [2.75, 3.05) is 25.5 Å². The summed E-state index contributed by atoms with van der Waals surface area (Å²) in [5.41, 5.74) is -1.63. The number of carbonyl (C=O) groups is 3. The van der Waals surface area contributed by atoms with Crippen molar-refractivity contribution in [1.82, 2.24) is 30.0 Å². The average Bonchev–Trinajstić information content (AvgIpc) is 3.35. The summed E-state index contributed by atoms with van der Waals surface area (Å²) in [4.78, 5) is 37.9. The number of imidazole rings is 1. The van der Waals surface area contributed by atoms with E-state index in [-0.39, 0.29) is 46.4 Å². The summed E-state index contributed by atoms with van der Waals surface area (Å²) < 4.78 is 75.0. The van der Waals surface area contributed by atoms with Gasteiger partial charge in [0.05, 0.1) is 40.2 Å². The van der Waals surface area contributed by atoms with E-state index in [2.05, 4.69) is 26.0 Å². The Morgan fingerprint density at radius 2 is 1.93 bits per heavy atom. The van der Waals surface area contributed by atoms with Crippen LogP contribution in [0, 0.1) is 0 Å². The SMILES string of the molecule is CO[C@@H]1CNC[C@H]1NC(=O)c1ccc(NC(=O)c2ncc(-c3cn(C4CC4(F)F)nc3C(F)(F)F)n2C)cc1Cl.O=CO. The van der Waals surface area contributed by atoms with Crippen molar-refractivity contribution in [3.8, 4) is 11.3 Å². The number of amides is 2. The molecule has 2 fully saturated rings. The molecule has 1 aliphatic heterocycles. The van der Waals surface area contributed by atoms with Crippen LogP contribution in [0.1, 0.15) is 39.1 Å². The summed E-state index contributed by atoms with van der Waals surface area (Å²) in [5.74, 6) is -4.61. The first-order chi connectivity index (χ1) is 20.2. The number of anilines is 1. The predicted octanol–water partition coefficient (Wildman–Crippen LogP) is 3.21. The number of rotatable bonds is 7. The number of nitrogens with one attached hydrogen (secondary N) is 3. The number of aromatic nitrogens is 4. The van der Waals surface area contributed by atoms with Crippen LogP contribution in [0.15, 0.2) is 30.6 Å². The number of nitrogens with zero attached hydrogens (tertiary/aromatic N) is 4. The van der Waals surface area contributed by atoms with Gasteiger partial charge >= 0.3 is 6.18 Å². The summed E-state index contributed by atoms with van der Waals surface area (Å²) in [6.07, 6.45) is -3.82. The van der Waals surface area contributed by atoms with Crippen LogP contribution in [0.5, 0.6) is 0 Å². The smallest absolute Gasteiger partial charge is 0.435 e. The van der Waals surface area contributed by atoms with Crippen LogP contribution in [0.2, 0.25) is 5.02 Å². The van der Waals surface area contributed by atoms with Crippen LogP contribution in [-0.4, -0.2) is 81.0 Å². The number of carboxylic acid groups (broad SMARTS) is 1. The third-order valence-corrected chi connectivity index (χ3v) is 7.14. The normalized spacial score (nSPS) is 20.6. The zero-order valence-electron chi connectivity index (χ0n) is 22.5. The van der Waals surface area contributed by atoms with Gasteiger partial charge in [-0.05, 0) is 18.2 Å². The van der Waals surface area contributed by atoms with Crippen molar-refractivity contribution >= 4 is 35.6 Å². The van der Waals surface area contributed by atoms with E-state index >= 15 is 0 Å². The first-order valence-electron chi connectivity index (χ1n) is 12.5. The van der Waals surface area contributed by atoms with Crippen molar-refractivity contribution < 1.29 is 46.2 Å². The van der Waals surface area contributed by atoms with E-state index in [1.54, 1.807) is 7.11 Å². The highest BCUT2D eigenvalue weighted by Gasteiger charge is 2.59. The number of hydrogen-bond donors (Lipinski definition) is 4. The van der Waals surface area contributed by atoms with E-state index in [4.69, 9.17) is 26.2 Å². The minimum Gasteiger partial charge on any atom is -0.483 e. The topological polar surface area (TPSA) is 152 Å². The Labute approximate surface area is 245 Å². The summed E-state index contributed by atoms with van der Waals surface area (Å²) >= 11 is 6.29. The molecule has 232 valence electrons. The molecule has 3 atom stereocenters. The Morgan fingerprint density at radius 1 is 1.26 bits per heavy atom. The lowest BCUT2D eigenvalue weighted by Crippen LogP contribution is -2.43. The molecule has 2 amide bonds. The lowest BCUT2D eigenvalue weighted by atomic mass is 10.1. The number of benzene rings is 1.